The van der Waals surface area contributed by atoms with Gasteiger partial charge in [-0.05, 0) is 32.8 Å². The second-order valence-electron chi connectivity index (χ2n) is 5.96. The van der Waals surface area contributed by atoms with Crippen LogP contribution in [0.4, 0.5) is 0 Å². The van der Waals surface area contributed by atoms with Crippen LogP contribution in [0.1, 0.15) is 38.8 Å². The van der Waals surface area contributed by atoms with Crippen LogP contribution < -0.4 is 0 Å². The van der Waals surface area contributed by atoms with E-state index in [0.29, 0.717) is 6.16 Å². The van der Waals surface area contributed by atoms with E-state index < -0.39 is 7.52 Å². The third-order valence-corrected chi connectivity index (χ3v) is 6.64. The average Bonchev–Trinajstić information content (AvgIpc) is 2.38. The maximum absolute atomic E-state index is 13.2. The predicted octanol–water partition coefficient (Wildman–Crippen LogP) is 4.63. The van der Waals surface area contributed by atoms with Crippen LogP contribution in [0.15, 0.2) is 43.0 Å². The summed E-state index contributed by atoms with van der Waals surface area (Å²) in [5, 5.41) is 0. The van der Waals surface area contributed by atoms with Gasteiger partial charge in [0.15, 0.2) is 0 Å². The molecule has 3 nitrogen and oxygen atoms in total. The summed E-state index contributed by atoms with van der Waals surface area (Å²) in [6, 6.07) is 10.2. The lowest BCUT2D eigenvalue weighted by Gasteiger charge is -2.45. The molecular formula is C16H24NO2P. The molecule has 110 valence electrons. The van der Waals surface area contributed by atoms with Crippen LogP contribution in [0.2, 0.25) is 0 Å². The summed E-state index contributed by atoms with van der Waals surface area (Å²) >= 11 is 0. The monoisotopic (exact) mass is 293 g/mol. The van der Waals surface area contributed by atoms with Gasteiger partial charge in [0, 0.05) is 12.6 Å². The molecule has 1 fully saturated rings. The van der Waals surface area contributed by atoms with Crippen molar-refractivity contribution in [1.29, 1.82) is 0 Å². The highest BCUT2D eigenvalue weighted by Crippen LogP contribution is 2.60. The molecule has 2 rings (SSSR count). The van der Waals surface area contributed by atoms with Gasteiger partial charge in [0.25, 0.3) is 7.52 Å². The zero-order valence-corrected chi connectivity index (χ0v) is 13.5. The van der Waals surface area contributed by atoms with E-state index in [2.05, 4.69) is 25.6 Å². The Kier molecular flexibility index (Phi) is 4.53. The molecule has 1 heterocycles. The lowest BCUT2D eigenvalue weighted by atomic mass is 10.0. The number of hydrogen-bond acceptors (Lipinski definition) is 2. The van der Waals surface area contributed by atoms with Crippen molar-refractivity contribution in [3.05, 3.63) is 48.6 Å². The zero-order valence-electron chi connectivity index (χ0n) is 12.6. The third-order valence-electron chi connectivity index (χ3n) is 3.81. The van der Waals surface area contributed by atoms with Crippen molar-refractivity contribution in [2.75, 3.05) is 12.7 Å². The van der Waals surface area contributed by atoms with Crippen molar-refractivity contribution in [2.24, 2.45) is 0 Å². The number of rotatable bonds is 4. The first-order chi connectivity index (χ1) is 9.38. The Labute approximate surface area is 122 Å². The smallest absolute Gasteiger partial charge is 0.277 e. The maximum Gasteiger partial charge on any atom is 0.277 e. The van der Waals surface area contributed by atoms with Gasteiger partial charge in [-0.25, -0.2) is 4.67 Å². The molecular weight excluding hydrogens is 269 g/mol. The molecule has 2 atom stereocenters. The summed E-state index contributed by atoms with van der Waals surface area (Å²) in [6.45, 7) is 10.6. The zero-order chi connectivity index (χ0) is 14.8. The molecule has 0 unspecified atom stereocenters. The molecule has 1 aromatic rings. The van der Waals surface area contributed by atoms with E-state index >= 15 is 0 Å². The van der Waals surface area contributed by atoms with Gasteiger partial charge in [0.2, 0.25) is 0 Å². The van der Waals surface area contributed by atoms with Gasteiger partial charge in [0.05, 0.1) is 11.8 Å². The van der Waals surface area contributed by atoms with E-state index in [1.54, 1.807) is 6.08 Å². The van der Waals surface area contributed by atoms with Gasteiger partial charge in [-0.2, -0.15) is 0 Å². The highest BCUT2D eigenvalue weighted by molar-refractivity contribution is 7.56. The Morgan fingerprint density at radius 1 is 1.45 bits per heavy atom. The van der Waals surface area contributed by atoms with Crippen LogP contribution in [0.5, 0.6) is 0 Å². The Morgan fingerprint density at radius 3 is 2.70 bits per heavy atom. The van der Waals surface area contributed by atoms with E-state index in [4.69, 9.17) is 4.52 Å². The van der Waals surface area contributed by atoms with Crippen LogP contribution in [-0.4, -0.2) is 23.0 Å². The topological polar surface area (TPSA) is 29.5 Å². The van der Waals surface area contributed by atoms with Crippen LogP contribution in [0.25, 0.3) is 0 Å². The van der Waals surface area contributed by atoms with Gasteiger partial charge in [-0.1, -0.05) is 36.4 Å². The molecule has 0 aliphatic carbocycles. The molecule has 1 aromatic carbocycles. The van der Waals surface area contributed by atoms with Gasteiger partial charge in [0.1, 0.15) is 0 Å². The fourth-order valence-electron chi connectivity index (χ4n) is 2.69. The molecule has 0 amide bonds. The summed E-state index contributed by atoms with van der Waals surface area (Å²) in [6.07, 6.45) is 2.98. The minimum absolute atomic E-state index is 0.0816. The first kappa shape index (κ1) is 15.5. The maximum atomic E-state index is 13.2. The second-order valence-corrected chi connectivity index (χ2v) is 8.30. The van der Waals surface area contributed by atoms with E-state index in [1.807, 2.05) is 36.7 Å². The van der Waals surface area contributed by atoms with Crippen molar-refractivity contribution in [1.82, 2.24) is 4.67 Å². The van der Waals surface area contributed by atoms with E-state index in [0.717, 1.165) is 13.0 Å². The van der Waals surface area contributed by atoms with E-state index in [-0.39, 0.29) is 11.6 Å². The normalized spacial score (nSPS) is 27.9. The molecule has 0 bridgehead atoms. The van der Waals surface area contributed by atoms with Gasteiger partial charge >= 0.3 is 0 Å². The molecule has 0 saturated carbocycles. The van der Waals surface area contributed by atoms with Crippen LogP contribution >= 0.6 is 7.52 Å². The van der Waals surface area contributed by atoms with Crippen LogP contribution in [-0.2, 0) is 9.09 Å². The highest BCUT2D eigenvalue weighted by atomic mass is 31.2. The fraction of sp³-hybridized carbons (Fsp3) is 0.500. The molecule has 0 N–H and O–H groups in total. The largest absolute Gasteiger partial charge is 0.311 e. The molecule has 0 aromatic heterocycles. The standard InChI is InChI=1S/C16H24NO2P/c1-5-13-20(18)17(12-11-16(3,4)19-20)14(2)15-9-7-6-8-10-15/h5-10,14H,1,11-13H2,2-4H3/t14-,20+/m0/s1. The number of nitrogens with zero attached hydrogens (tertiary/aromatic N) is 1. The Bertz CT molecular complexity index is 512. The molecule has 0 spiro atoms. The molecule has 1 aliphatic rings. The van der Waals surface area contributed by atoms with Gasteiger partial charge in [-0.15, -0.1) is 6.58 Å². The quantitative estimate of drug-likeness (QED) is 0.599. The number of benzene rings is 1. The van der Waals surface area contributed by atoms with E-state index in [9.17, 15) is 4.57 Å². The first-order valence-electron chi connectivity index (χ1n) is 7.11. The molecule has 20 heavy (non-hydrogen) atoms. The van der Waals surface area contributed by atoms with Crippen molar-refractivity contribution >= 4 is 7.52 Å². The lowest BCUT2D eigenvalue weighted by Crippen LogP contribution is -2.40. The van der Waals surface area contributed by atoms with Crippen LogP contribution in [0.3, 0.4) is 0 Å². The summed E-state index contributed by atoms with van der Waals surface area (Å²) in [5.41, 5.74) is 0.839. The summed E-state index contributed by atoms with van der Waals surface area (Å²) < 4.78 is 21.2. The summed E-state index contributed by atoms with van der Waals surface area (Å²) in [7, 11) is -2.85. The van der Waals surface area contributed by atoms with Crippen molar-refractivity contribution in [3.63, 3.8) is 0 Å². The minimum atomic E-state index is -2.85. The van der Waals surface area contributed by atoms with Crippen molar-refractivity contribution in [2.45, 2.75) is 38.8 Å². The Hall–Kier alpha value is -0.890. The fourth-order valence-corrected chi connectivity index (χ4v) is 5.33. The van der Waals surface area contributed by atoms with Gasteiger partial charge < -0.3 is 4.52 Å². The molecule has 1 saturated heterocycles. The van der Waals surface area contributed by atoms with E-state index in [1.165, 1.54) is 5.56 Å². The van der Waals surface area contributed by atoms with Crippen LogP contribution in [0, 0.1) is 0 Å². The molecule has 4 heteroatoms. The SMILES string of the molecule is C=CC[P@@]1(=O)OC(C)(C)CCN1[C@@H](C)c1ccccc1. The van der Waals surface area contributed by atoms with Crippen molar-refractivity contribution in [3.8, 4) is 0 Å². The third kappa shape index (κ3) is 3.22. The number of allylic oxidation sites excluding steroid dienone is 1. The molecule has 1 aliphatic heterocycles. The Balaban J connectivity index is 2.29. The lowest BCUT2D eigenvalue weighted by molar-refractivity contribution is 0.0449. The second kappa shape index (κ2) is 5.85. The Morgan fingerprint density at radius 2 is 2.10 bits per heavy atom. The number of hydrogen-bond donors (Lipinski definition) is 0. The average molecular weight is 293 g/mol. The molecule has 0 radical (unpaired) electrons. The predicted molar refractivity (Wildman–Crippen MR) is 84.0 cm³/mol. The minimum Gasteiger partial charge on any atom is -0.311 e. The summed E-state index contributed by atoms with van der Waals surface area (Å²) in [4.78, 5) is 0. The van der Waals surface area contributed by atoms with Gasteiger partial charge in [-0.3, -0.25) is 4.57 Å². The highest BCUT2D eigenvalue weighted by Gasteiger charge is 2.43. The first-order valence-corrected chi connectivity index (χ1v) is 8.87. The van der Waals surface area contributed by atoms with Crippen molar-refractivity contribution < 1.29 is 9.09 Å². The summed E-state index contributed by atoms with van der Waals surface area (Å²) in [5.74, 6) is 0.